The maximum atomic E-state index is 15.6. The third kappa shape index (κ3) is 4.56. The van der Waals surface area contributed by atoms with E-state index in [4.69, 9.17) is 5.73 Å². The number of nitrogens with one attached hydrogen (secondary N) is 1. The Morgan fingerprint density at radius 1 is 1.16 bits per heavy atom. The Bertz CT molecular complexity index is 1060. The molecule has 4 nitrogen and oxygen atoms in total. The molecule has 4 rings (SSSR count). The molecule has 6 heteroatoms. The first-order valence-electron chi connectivity index (χ1n) is 11.9. The van der Waals surface area contributed by atoms with Gasteiger partial charge in [0.25, 0.3) is 5.92 Å². The van der Waals surface area contributed by atoms with Crippen molar-refractivity contribution in [2.75, 3.05) is 6.54 Å². The van der Waals surface area contributed by atoms with Gasteiger partial charge in [-0.15, -0.1) is 0 Å². The van der Waals surface area contributed by atoms with E-state index in [1.54, 1.807) is 24.5 Å². The van der Waals surface area contributed by atoms with Crippen molar-refractivity contribution in [3.8, 4) is 11.1 Å². The highest BCUT2D eigenvalue weighted by atomic mass is 19.3. The molecule has 1 saturated carbocycles. The summed E-state index contributed by atoms with van der Waals surface area (Å²) < 4.78 is 31.1. The molecule has 1 fully saturated rings. The zero-order chi connectivity index (χ0) is 22.8. The lowest BCUT2D eigenvalue weighted by molar-refractivity contribution is -0.0205. The minimum atomic E-state index is -2.88. The largest absolute Gasteiger partial charge is 0.330 e. The minimum Gasteiger partial charge on any atom is -0.330 e. The molecule has 1 unspecified atom stereocenters. The second kappa shape index (κ2) is 9.26. The molecule has 1 aliphatic rings. The second-order valence-corrected chi connectivity index (χ2v) is 9.66. The van der Waals surface area contributed by atoms with Crippen LogP contribution >= 0.6 is 0 Å². The Labute approximate surface area is 192 Å². The van der Waals surface area contributed by atoms with E-state index in [9.17, 15) is 0 Å². The molecule has 0 radical (unpaired) electrons. The Hall–Kier alpha value is -2.34. The van der Waals surface area contributed by atoms with Crippen molar-refractivity contribution in [2.24, 2.45) is 11.7 Å². The molecule has 176 valence electrons. The maximum absolute atomic E-state index is 15.6. The number of hydrogen-bond donors (Lipinski definition) is 2. The number of pyridine rings is 1. The van der Waals surface area contributed by atoms with Gasteiger partial charge in [-0.25, -0.2) is 13.8 Å². The van der Waals surface area contributed by atoms with E-state index in [0.717, 1.165) is 41.3 Å². The van der Waals surface area contributed by atoms with Crippen LogP contribution in [0.5, 0.6) is 0 Å². The normalized spacial score (nSPS) is 17.5. The zero-order valence-corrected chi connectivity index (χ0v) is 19.1. The molecule has 1 atom stereocenters. The van der Waals surface area contributed by atoms with Crippen LogP contribution in [0.1, 0.15) is 79.2 Å². The molecule has 2 heterocycles. The summed E-state index contributed by atoms with van der Waals surface area (Å²) in [5.74, 6) is -2.46. The fraction of sp³-hybridized carbons (Fsp3) is 0.538. The summed E-state index contributed by atoms with van der Waals surface area (Å²) >= 11 is 0. The lowest BCUT2D eigenvalue weighted by Crippen LogP contribution is -2.31. The molecular formula is C26H38F2N4. The number of aromatic amines is 1. The number of hydrogen-bond acceptors (Lipinski definition) is 3. The average molecular weight is 445 g/mol. The van der Waals surface area contributed by atoms with E-state index in [1.807, 2.05) is 12.1 Å². The van der Waals surface area contributed by atoms with Crippen molar-refractivity contribution in [1.82, 2.24) is 15.2 Å². The molecule has 0 bridgehead atoms. The van der Waals surface area contributed by atoms with Crippen molar-refractivity contribution >= 4 is 11.0 Å². The van der Waals surface area contributed by atoms with Gasteiger partial charge >= 0.3 is 0 Å². The van der Waals surface area contributed by atoms with E-state index in [-0.39, 0.29) is 20.3 Å². The van der Waals surface area contributed by atoms with Crippen molar-refractivity contribution < 1.29 is 11.6 Å². The second-order valence-electron chi connectivity index (χ2n) is 9.66. The molecule has 0 aliphatic heterocycles. The van der Waals surface area contributed by atoms with Gasteiger partial charge in [-0.05, 0) is 53.6 Å². The Morgan fingerprint density at radius 3 is 2.62 bits per heavy atom. The van der Waals surface area contributed by atoms with E-state index >= 15 is 8.78 Å². The van der Waals surface area contributed by atoms with E-state index in [2.05, 4.69) is 29.0 Å². The number of halogens is 2. The number of nitrogens with zero attached hydrogens (tertiary/aromatic N) is 2. The van der Waals surface area contributed by atoms with Gasteiger partial charge in [0.15, 0.2) is 5.65 Å². The van der Waals surface area contributed by atoms with Gasteiger partial charge in [0, 0.05) is 38.4 Å². The van der Waals surface area contributed by atoms with Crippen molar-refractivity contribution in [3.63, 3.8) is 0 Å². The minimum absolute atomic E-state index is 0. The lowest BCUT2D eigenvalue weighted by Gasteiger charge is -2.30. The Morgan fingerprint density at radius 2 is 1.91 bits per heavy atom. The molecular weight excluding hydrogens is 406 g/mol. The highest BCUT2D eigenvalue weighted by molar-refractivity contribution is 5.92. The molecule has 32 heavy (non-hydrogen) atoms. The van der Waals surface area contributed by atoms with Gasteiger partial charge in [0.2, 0.25) is 0 Å². The molecule has 3 aromatic rings. The molecule has 2 aromatic heterocycles. The van der Waals surface area contributed by atoms with E-state index in [0.29, 0.717) is 24.5 Å². The average Bonchev–Trinajstić information content (AvgIpc) is 3.32. The highest BCUT2D eigenvalue weighted by Gasteiger charge is 2.35. The van der Waals surface area contributed by atoms with Gasteiger partial charge in [-0.1, -0.05) is 52.0 Å². The first kappa shape index (κ1) is 22.8. The van der Waals surface area contributed by atoms with Gasteiger partial charge in [-0.3, -0.25) is 5.10 Å². The monoisotopic (exact) mass is 444 g/mol. The highest BCUT2D eigenvalue weighted by Crippen LogP contribution is 2.41. The number of rotatable bonds is 8. The number of nitrogens with two attached hydrogens (primary N) is 1. The number of aromatic nitrogens is 3. The molecule has 3 N–H and O–H groups in total. The van der Waals surface area contributed by atoms with Crippen LogP contribution in [0.25, 0.3) is 22.2 Å². The van der Waals surface area contributed by atoms with Gasteiger partial charge in [0.1, 0.15) is 0 Å². The lowest BCUT2D eigenvalue weighted by atomic mass is 9.77. The summed E-state index contributed by atoms with van der Waals surface area (Å²) in [7, 11) is 0. The number of H-pyrrole nitrogens is 1. The van der Waals surface area contributed by atoms with E-state index in [1.165, 1.54) is 19.3 Å². The summed E-state index contributed by atoms with van der Waals surface area (Å²) in [6.07, 6.45) is 10.4. The number of alkyl halides is 2. The van der Waals surface area contributed by atoms with Crippen molar-refractivity contribution in [1.29, 1.82) is 0 Å². The van der Waals surface area contributed by atoms with Crippen molar-refractivity contribution in [3.05, 3.63) is 47.8 Å². The fourth-order valence-corrected chi connectivity index (χ4v) is 4.92. The smallest absolute Gasteiger partial charge is 0.273 e. The third-order valence-electron chi connectivity index (χ3n) is 7.54. The Kier molecular flexibility index (Phi) is 6.61. The van der Waals surface area contributed by atoms with Crippen LogP contribution in [0.3, 0.4) is 0 Å². The van der Waals surface area contributed by atoms with E-state index < -0.39 is 5.92 Å². The van der Waals surface area contributed by atoms with Gasteiger partial charge in [-0.2, -0.15) is 5.10 Å². The summed E-state index contributed by atoms with van der Waals surface area (Å²) in [6, 6.07) is 7.22. The third-order valence-corrected chi connectivity index (χ3v) is 7.54. The molecule has 0 spiro atoms. The van der Waals surface area contributed by atoms with Crippen LogP contribution in [0.15, 0.2) is 36.7 Å². The SMILES string of the molecule is CCC(C)(CN)c1cc(-c2ccnc3[nH]ncc23)cc(C(F)(F)CCC2CCCCC2)c1.[HH].[HH]. The topological polar surface area (TPSA) is 67.6 Å². The quantitative estimate of drug-likeness (QED) is 0.386. The predicted octanol–water partition coefficient (Wildman–Crippen LogP) is 7.20. The summed E-state index contributed by atoms with van der Waals surface area (Å²) in [5.41, 5.74) is 8.96. The van der Waals surface area contributed by atoms with Crippen molar-refractivity contribution in [2.45, 2.75) is 76.6 Å². The van der Waals surface area contributed by atoms with Gasteiger partial charge in [0.05, 0.1) is 6.20 Å². The van der Waals surface area contributed by atoms with Crippen LogP contribution in [-0.4, -0.2) is 21.7 Å². The van der Waals surface area contributed by atoms with Crippen LogP contribution in [0.4, 0.5) is 8.78 Å². The van der Waals surface area contributed by atoms with Crippen LogP contribution in [0.2, 0.25) is 0 Å². The first-order valence-corrected chi connectivity index (χ1v) is 11.9. The molecule has 1 aliphatic carbocycles. The zero-order valence-electron chi connectivity index (χ0n) is 19.1. The van der Waals surface area contributed by atoms with Crippen LogP contribution in [0, 0.1) is 5.92 Å². The molecule has 0 amide bonds. The fourth-order valence-electron chi connectivity index (χ4n) is 4.92. The first-order chi connectivity index (χ1) is 15.4. The number of benzene rings is 1. The van der Waals surface area contributed by atoms with Crippen LogP contribution in [-0.2, 0) is 11.3 Å². The number of fused-ring (bicyclic) bond motifs is 1. The standard InChI is InChI=1S/C26H34F2N4.2H2/c1-3-25(2,17-29)20-13-19(22-10-12-30-24-23(22)16-31-32-24)14-21(15-20)26(27,28)11-9-18-7-5-4-6-8-18;;/h10,12-16,18H,3-9,11,17,29H2,1-2H3,(H,30,31,32);2*1H. The molecule has 1 aromatic carbocycles. The summed E-state index contributed by atoms with van der Waals surface area (Å²) in [5, 5.41) is 7.78. The molecule has 0 saturated heterocycles. The maximum Gasteiger partial charge on any atom is 0.273 e. The Balaban J connectivity index is 0.00000204. The summed E-state index contributed by atoms with van der Waals surface area (Å²) in [4.78, 5) is 4.30. The predicted molar refractivity (Wildman–Crippen MR) is 130 cm³/mol. The van der Waals surface area contributed by atoms with Gasteiger partial charge < -0.3 is 5.73 Å². The summed E-state index contributed by atoms with van der Waals surface area (Å²) in [6.45, 7) is 4.51. The van der Waals surface area contributed by atoms with Crippen LogP contribution < -0.4 is 5.73 Å².